The van der Waals surface area contributed by atoms with Gasteiger partial charge < -0.3 is 29.3 Å². The van der Waals surface area contributed by atoms with Crippen LogP contribution in [0.3, 0.4) is 0 Å². The Balaban J connectivity index is 2.17. The van der Waals surface area contributed by atoms with Gasteiger partial charge in [-0.3, -0.25) is 14.9 Å². The van der Waals surface area contributed by atoms with E-state index in [1.807, 2.05) is 5.32 Å². The molecule has 0 aliphatic carbocycles. The van der Waals surface area contributed by atoms with E-state index in [0.717, 1.165) is 0 Å². The fourth-order valence-corrected chi connectivity index (χ4v) is 2.32. The molecule has 2 aromatic rings. The molecule has 11 nitrogen and oxygen atoms in total. The zero-order chi connectivity index (χ0) is 22.8. The Hall–Kier alpha value is -4.28. The standard InChI is InChI=1S/C20H21N3O8/c1-4-7-21-20(27)23-17(24)11-31-19(26)12-9-15(28-2)16(29-3)10-13(12)22-18(25)14-6-5-8-30-14/h4-6,8-10H,1,7,11H2,2-3H3,(H,22,25)(H2,21,23,24,27). The summed E-state index contributed by atoms with van der Waals surface area (Å²) in [5, 5.41) is 6.84. The molecule has 0 spiro atoms. The zero-order valence-electron chi connectivity index (χ0n) is 16.9. The van der Waals surface area contributed by atoms with Crippen LogP contribution in [0.25, 0.3) is 0 Å². The number of furan rings is 1. The number of ether oxygens (including phenoxy) is 3. The van der Waals surface area contributed by atoms with Gasteiger partial charge in [-0.05, 0) is 12.1 Å². The lowest BCUT2D eigenvalue weighted by molar-refractivity contribution is -0.123. The van der Waals surface area contributed by atoms with Gasteiger partial charge in [0.25, 0.3) is 11.8 Å². The van der Waals surface area contributed by atoms with Crippen molar-refractivity contribution in [2.24, 2.45) is 0 Å². The Morgan fingerprint density at radius 3 is 2.45 bits per heavy atom. The van der Waals surface area contributed by atoms with Gasteiger partial charge in [-0.25, -0.2) is 9.59 Å². The number of anilines is 1. The van der Waals surface area contributed by atoms with Crippen molar-refractivity contribution in [2.45, 2.75) is 0 Å². The predicted octanol–water partition coefficient (Wildman–Crippen LogP) is 1.72. The average molecular weight is 431 g/mol. The van der Waals surface area contributed by atoms with Crippen LogP contribution in [-0.2, 0) is 9.53 Å². The third-order valence-corrected chi connectivity index (χ3v) is 3.73. The molecule has 4 amide bonds. The number of imide groups is 1. The van der Waals surface area contributed by atoms with Gasteiger partial charge in [0.15, 0.2) is 23.9 Å². The molecular weight excluding hydrogens is 410 g/mol. The van der Waals surface area contributed by atoms with Gasteiger partial charge in [-0.2, -0.15) is 0 Å². The molecule has 1 aromatic carbocycles. The van der Waals surface area contributed by atoms with E-state index in [0.29, 0.717) is 0 Å². The van der Waals surface area contributed by atoms with Crippen LogP contribution in [0.2, 0.25) is 0 Å². The minimum Gasteiger partial charge on any atom is -0.493 e. The molecule has 1 heterocycles. The summed E-state index contributed by atoms with van der Waals surface area (Å²) in [6, 6.07) is 4.85. The molecule has 11 heteroatoms. The fourth-order valence-electron chi connectivity index (χ4n) is 2.32. The summed E-state index contributed by atoms with van der Waals surface area (Å²) in [7, 11) is 2.75. The number of carbonyl (C=O) groups excluding carboxylic acids is 4. The summed E-state index contributed by atoms with van der Waals surface area (Å²) in [6.07, 6.45) is 2.75. The van der Waals surface area contributed by atoms with Gasteiger partial charge in [0.05, 0.1) is 31.7 Å². The molecule has 0 saturated carbocycles. The van der Waals surface area contributed by atoms with Crippen LogP contribution in [0.5, 0.6) is 11.5 Å². The largest absolute Gasteiger partial charge is 0.493 e. The summed E-state index contributed by atoms with van der Waals surface area (Å²) in [5.41, 5.74) is -0.0744. The molecular formula is C20H21N3O8. The zero-order valence-corrected chi connectivity index (χ0v) is 16.9. The Kier molecular flexibility index (Phi) is 8.20. The maximum Gasteiger partial charge on any atom is 0.340 e. The molecule has 0 saturated heterocycles. The first-order valence-corrected chi connectivity index (χ1v) is 8.86. The van der Waals surface area contributed by atoms with E-state index in [9.17, 15) is 19.2 Å². The molecule has 0 fully saturated rings. The predicted molar refractivity (Wildman–Crippen MR) is 108 cm³/mol. The van der Waals surface area contributed by atoms with Crippen molar-refractivity contribution in [3.05, 3.63) is 54.5 Å². The number of amides is 4. The molecule has 0 bridgehead atoms. The van der Waals surface area contributed by atoms with E-state index < -0.39 is 30.4 Å². The van der Waals surface area contributed by atoms with Crippen molar-refractivity contribution in [1.29, 1.82) is 0 Å². The number of hydrogen-bond donors (Lipinski definition) is 3. The minimum absolute atomic E-state index is 0.0130. The molecule has 0 aliphatic rings. The first kappa shape index (κ1) is 23.0. The summed E-state index contributed by atoms with van der Waals surface area (Å²) in [6.45, 7) is 2.84. The fraction of sp³-hybridized carbons (Fsp3) is 0.200. The maximum absolute atomic E-state index is 12.6. The van der Waals surface area contributed by atoms with Crippen LogP contribution in [-0.4, -0.2) is 51.2 Å². The normalized spacial score (nSPS) is 9.87. The van der Waals surface area contributed by atoms with E-state index in [4.69, 9.17) is 18.6 Å². The average Bonchev–Trinajstić information content (AvgIpc) is 3.30. The molecule has 0 aliphatic heterocycles. The summed E-state index contributed by atoms with van der Waals surface area (Å²) < 4.78 is 20.4. The highest BCUT2D eigenvalue weighted by Crippen LogP contribution is 2.34. The number of hydrogen-bond acceptors (Lipinski definition) is 8. The van der Waals surface area contributed by atoms with E-state index in [-0.39, 0.29) is 35.1 Å². The van der Waals surface area contributed by atoms with E-state index in [2.05, 4.69) is 17.2 Å². The number of benzene rings is 1. The number of methoxy groups -OCH3 is 2. The third-order valence-electron chi connectivity index (χ3n) is 3.73. The number of esters is 1. The highest BCUT2D eigenvalue weighted by atomic mass is 16.5. The lowest BCUT2D eigenvalue weighted by Gasteiger charge is -2.15. The molecule has 164 valence electrons. The van der Waals surface area contributed by atoms with Gasteiger partial charge in [0, 0.05) is 18.7 Å². The first-order valence-electron chi connectivity index (χ1n) is 8.86. The second kappa shape index (κ2) is 11.0. The molecule has 1 aromatic heterocycles. The monoisotopic (exact) mass is 431 g/mol. The van der Waals surface area contributed by atoms with Crippen molar-refractivity contribution in [2.75, 3.05) is 32.7 Å². The second-order valence-electron chi connectivity index (χ2n) is 5.81. The number of rotatable bonds is 9. The number of urea groups is 1. The van der Waals surface area contributed by atoms with Gasteiger partial charge >= 0.3 is 12.0 Å². The maximum atomic E-state index is 12.6. The highest BCUT2D eigenvalue weighted by Gasteiger charge is 2.22. The Morgan fingerprint density at radius 2 is 1.84 bits per heavy atom. The Labute approximate surface area is 177 Å². The van der Waals surface area contributed by atoms with Crippen molar-refractivity contribution in [3.63, 3.8) is 0 Å². The van der Waals surface area contributed by atoms with Crippen LogP contribution in [0.15, 0.2) is 47.6 Å². The van der Waals surface area contributed by atoms with Crippen LogP contribution in [0, 0.1) is 0 Å². The second-order valence-corrected chi connectivity index (χ2v) is 5.81. The smallest absolute Gasteiger partial charge is 0.340 e. The lowest BCUT2D eigenvalue weighted by atomic mass is 10.1. The highest BCUT2D eigenvalue weighted by molar-refractivity contribution is 6.07. The van der Waals surface area contributed by atoms with Crippen LogP contribution < -0.4 is 25.4 Å². The molecule has 0 unspecified atom stereocenters. The Morgan fingerprint density at radius 1 is 1.13 bits per heavy atom. The van der Waals surface area contributed by atoms with Crippen molar-refractivity contribution >= 4 is 29.5 Å². The quantitative estimate of drug-likeness (QED) is 0.402. The van der Waals surface area contributed by atoms with E-state index in [1.54, 1.807) is 0 Å². The van der Waals surface area contributed by atoms with Gasteiger partial charge in [0.1, 0.15) is 0 Å². The Bertz CT molecular complexity index is 969. The third kappa shape index (κ3) is 6.35. The van der Waals surface area contributed by atoms with E-state index in [1.165, 1.54) is 50.8 Å². The lowest BCUT2D eigenvalue weighted by Crippen LogP contribution is -2.41. The molecule has 2 rings (SSSR count). The summed E-state index contributed by atoms with van der Waals surface area (Å²) in [4.78, 5) is 48.2. The molecule has 0 atom stereocenters. The van der Waals surface area contributed by atoms with Crippen molar-refractivity contribution in [1.82, 2.24) is 10.6 Å². The number of carbonyl (C=O) groups is 4. The van der Waals surface area contributed by atoms with Crippen LogP contribution >= 0.6 is 0 Å². The molecule has 3 N–H and O–H groups in total. The number of nitrogens with one attached hydrogen (secondary N) is 3. The molecule has 31 heavy (non-hydrogen) atoms. The molecule has 0 radical (unpaired) electrons. The van der Waals surface area contributed by atoms with Crippen LogP contribution in [0.4, 0.5) is 10.5 Å². The summed E-state index contributed by atoms with van der Waals surface area (Å²) >= 11 is 0. The van der Waals surface area contributed by atoms with E-state index >= 15 is 0 Å². The van der Waals surface area contributed by atoms with Gasteiger partial charge in [-0.15, -0.1) is 6.58 Å². The SMILES string of the molecule is C=CCNC(=O)NC(=O)COC(=O)c1cc(OC)c(OC)cc1NC(=O)c1ccco1. The minimum atomic E-state index is -0.947. The van der Waals surface area contributed by atoms with Crippen LogP contribution in [0.1, 0.15) is 20.9 Å². The van der Waals surface area contributed by atoms with Gasteiger partial charge in [0.2, 0.25) is 0 Å². The topological polar surface area (TPSA) is 145 Å². The van der Waals surface area contributed by atoms with Gasteiger partial charge in [-0.1, -0.05) is 6.08 Å². The van der Waals surface area contributed by atoms with Crippen molar-refractivity contribution < 1.29 is 37.8 Å². The van der Waals surface area contributed by atoms with Crippen molar-refractivity contribution in [3.8, 4) is 11.5 Å². The first-order chi connectivity index (χ1) is 14.9. The summed E-state index contributed by atoms with van der Waals surface area (Å²) in [5.74, 6) is -1.97.